The Balaban J connectivity index is 2.08. The van der Waals surface area contributed by atoms with Crippen LogP contribution in [0.3, 0.4) is 0 Å². The zero-order chi connectivity index (χ0) is 20.7. The van der Waals surface area contributed by atoms with Crippen LogP contribution in [0.5, 0.6) is 0 Å². The summed E-state index contributed by atoms with van der Waals surface area (Å²) in [6, 6.07) is 12.3. The molecule has 9 heteroatoms. The van der Waals surface area contributed by atoms with Crippen molar-refractivity contribution in [2.45, 2.75) is 24.8 Å². The predicted octanol–water partition coefficient (Wildman–Crippen LogP) is 3.46. The van der Waals surface area contributed by atoms with E-state index in [4.69, 9.17) is 4.74 Å². The Morgan fingerprint density at radius 3 is 2.46 bits per heavy atom. The molecule has 0 bridgehead atoms. The number of esters is 1. The zero-order valence-corrected chi connectivity index (χ0v) is 16.0. The summed E-state index contributed by atoms with van der Waals surface area (Å²) in [5.74, 6) is -1.25. The van der Waals surface area contributed by atoms with Crippen molar-refractivity contribution < 1.29 is 24.0 Å². The summed E-state index contributed by atoms with van der Waals surface area (Å²) in [6.07, 6.45) is -1.18. The number of thioether (sulfide) groups is 1. The maximum Gasteiger partial charge on any atom is 0.340 e. The van der Waals surface area contributed by atoms with Gasteiger partial charge in [-0.05, 0) is 32.0 Å². The highest BCUT2D eigenvalue weighted by atomic mass is 32.2. The van der Waals surface area contributed by atoms with E-state index in [1.807, 2.05) is 0 Å². The molecule has 1 amide bonds. The van der Waals surface area contributed by atoms with Gasteiger partial charge in [-0.3, -0.25) is 19.7 Å². The molecule has 2 rings (SSSR count). The van der Waals surface area contributed by atoms with E-state index in [9.17, 15) is 24.5 Å². The maximum absolute atomic E-state index is 12.4. The zero-order valence-electron chi connectivity index (χ0n) is 15.2. The van der Waals surface area contributed by atoms with Crippen LogP contribution in [0.25, 0.3) is 0 Å². The number of Topliss-reactive ketones (excluding diaryl/α,β-unsaturated/α-hetero) is 1. The minimum absolute atomic E-state index is 0.0119. The third-order valence-electron chi connectivity index (χ3n) is 3.55. The third kappa shape index (κ3) is 5.65. The van der Waals surface area contributed by atoms with Crippen LogP contribution in [0.2, 0.25) is 0 Å². The second-order valence-corrected chi connectivity index (χ2v) is 6.82. The molecular formula is C19H18N2O6S. The van der Waals surface area contributed by atoms with Crippen molar-refractivity contribution in [1.29, 1.82) is 0 Å². The van der Waals surface area contributed by atoms with Crippen molar-refractivity contribution >= 4 is 40.8 Å². The van der Waals surface area contributed by atoms with E-state index in [1.165, 1.54) is 49.9 Å². The maximum atomic E-state index is 12.4. The van der Waals surface area contributed by atoms with E-state index in [2.05, 4.69) is 5.32 Å². The lowest BCUT2D eigenvalue weighted by Crippen LogP contribution is -2.30. The summed E-state index contributed by atoms with van der Waals surface area (Å²) in [4.78, 5) is 46.9. The first-order valence-electron chi connectivity index (χ1n) is 8.26. The minimum Gasteiger partial charge on any atom is -0.449 e. The van der Waals surface area contributed by atoms with Crippen LogP contribution < -0.4 is 5.32 Å². The number of hydrogen-bond acceptors (Lipinski definition) is 7. The van der Waals surface area contributed by atoms with Gasteiger partial charge in [-0.2, -0.15) is 0 Å². The van der Waals surface area contributed by atoms with Crippen LogP contribution in [0.15, 0.2) is 53.4 Å². The number of ketones is 1. The van der Waals surface area contributed by atoms with Crippen molar-refractivity contribution in [1.82, 2.24) is 0 Å². The van der Waals surface area contributed by atoms with Crippen molar-refractivity contribution in [3.8, 4) is 0 Å². The van der Waals surface area contributed by atoms with Crippen molar-refractivity contribution in [3.05, 3.63) is 64.2 Å². The number of hydrogen-bond donors (Lipinski definition) is 1. The van der Waals surface area contributed by atoms with Gasteiger partial charge < -0.3 is 10.1 Å². The molecule has 2 aromatic carbocycles. The second-order valence-electron chi connectivity index (χ2n) is 5.80. The van der Waals surface area contributed by atoms with Gasteiger partial charge in [-0.1, -0.05) is 24.3 Å². The molecule has 0 spiro atoms. The molecule has 146 valence electrons. The summed E-state index contributed by atoms with van der Waals surface area (Å²) >= 11 is 1.20. The molecule has 0 fully saturated rings. The predicted molar refractivity (Wildman–Crippen MR) is 104 cm³/mol. The molecule has 0 aliphatic rings. The Morgan fingerprint density at radius 2 is 1.79 bits per heavy atom. The number of rotatable bonds is 8. The Kier molecular flexibility index (Phi) is 7.28. The number of para-hydroxylation sites is 2. The third-order valence-corrected chi connectivity index (χ3v) is 4.77. The van der Waals surface area contributed by atoms with Gasteiger partial charge in [0, 0.05) is 11.0 Å². The van der Waals surface area contributed by atoms with Gasteiger partial charge in [-0.25, -0.2) is 4.79 Å². The molecule has 0 radical (unpaired) electrons. The second kappa shape index (κ2) is 9.65. The highest BCUT2D eigenvalue weighted by molar-refractivity contribution is 8.00. The molecule has 0 aromatic heterocycles. The summed E-state index contributed by atoms with van der Waals surface area (Å²) in [7, 11) is 0. The van der Waals surface area contributed by atoms with Crippen molar-refractivity contribution in [3.63, 3.8) is 0 Å². The first kappa shape index (κ1) is 21.1. The number of carbonyl (C=O) groups is 3. The molecule has 0 unspecified atom stereocenters. The summed E-state index contributed by atoms with van der Waals surface area (Å²) in [5.41, 5.74) is -0.0164. The minimum atomic E-state index is -1.18. The van der Waals surface area contributed by atoms with E-state index < -0.39 is 22.9 Å². The molecule has 1 N–H and O–H groups in total. The molecule has 0 saturated carbocycles. The Hall–Kier alpha value is -3.20. The standard InChI is InChI=1S/C19H18N2O6S/c1-12(22)11-28-17-10-6-3-7-14(17)19(24)27-13(2)18(23)20-15-8-4-5-9-16(15)21(25)26/h3-10,13H,11H2,1-2H3,(H,20,23)/t13-/m1/s1. The SMILES string of the molecule is CC(=O)CSc1ccccc1C(=O)O[C@H](C)C(=O)Nc1ccccc1[N+](=O)[O-]. The highest BCUT2D eigenvalue weighted by Gasteiger charge is 2.23. The molecule has 0 aliphatic heterocycles. The van der Waals surface area contributed by atoms with Crippen LogP contribution in [0.4, 0.5) is 11.4 Å². The summed E-state index contributed by atoms with van der Waals surface area (Å²) < 4.78 is 5.20. The first-order chi connectivity index (χ1) is 13.3. The Morgan fingerprint density at radius 1 is 1.14 bits per heavy atom. The van der Waals surface area contributed by atoms with Crippen LogP contribution in [0.1, 0.15) is 24.2 Å². The van der Waals surface area contributed by atoms with E-state index in [0.717, 1.165) is 0 Å². The average molecular weight is 402 g/mol. The van der Waals surface area contributed by atoms with E-state index in [0.29, 0.717) is 4.90 Å². The van der Waals surface area contributed by atoms with Crippen molar-refractivity contribution in [2.24, 2.45) is 0 Å². The largest absolute Gasteiger partial charge is 0.449 e. The topological polar surface area (TPSA) is 116 Å². The molecule has 2 aromatic rings. The fourth-order valence-electron chi connectivity index (χ4n) is 2.19. The van der Waals surface area contributed by atoms with Gasteiger partial charge >= 0.3 is 5.97 Å². The van der Waals surface area contributed by atoms with Gasteiger partial charge in [0.2, 0.25) is 0 Å². The van der Waals surface area contributed by atoms with E-state index in [-0.39, 0.29) is 28.5 Å². The molecule has 0 saturated heterocycles. The number of carbonyl (C=O) groups excluding carboxylic acids is 3. The fraction of sp³-hybridized carbons (Fsp3) is 0.211. The number of nitrogens with zero attached hydrogens (tertiary/aromatic N) is 1. The van der Waals surface area contributed by atoms with Crippen LogP contribution in [0, 0.1) is 10.1 Å². The molecular weight excluding hydrogens is 384 g/mol. The van der Waals surface area contributed by atoms with Gasteiger partial charge in [0.25, 0.3) is 11.6 Å². The van der Waals surface area contributed by atoms with Crippen LogP contribution in [-0.4, -0.2) is 34.4 Å². The average Bonchev–Trinajstić information content (AvgIpc) is 2.66. The van der Waals surface area contributed by atoms with Gasteiger partial charge in [0.15, 0.2) is 6.10 Å². The monoisotopic (exact) mass is 402 g/mol. The van der Waals surface area contributed by atoms with Crippen LogP contribution >= 0.6 is 11.8 Å². The van der Waals surface area contributed by atoms with Gasteiger partial charge in [0.1, 0.15) is 11.5 Å². The lowest BCUT2D eigenvalue weighted by molar-refractivity contribution is -0.383. The Labute approximate surface area is 165 Å². The molecule has 0 heterocycles. The van der Waals surface area contributed by atoms with Crippen LogP contribution in [-0.2, 0) is 14.3 Å². The quantitative estimate of drug-likeness (QED) is 0.311. The fourth-order valence-corrected chi connectivity index (χ4v) is 3.03. The van der Waals surface area contributed by atoms with E-state index >= 15 is 0 Å². The number of nitro benzene ring substituents is 1. The van der Waals surface area contributed by atoms with Gasteiger partial charge in [0.05, 0.1) is 16.2 Å². The van der Waals surface area contributed by atoms with Gasteiger partial charge in [-0.15, -0.1) is 11.8 Å². The number of benzene rings is 2. The number of ether oxygens (including phenoxy) is 1. The lowest BCUT2D eigenvalue weighted by atomic mass is 10.2. The highest BCUT2D eigenvalue weighted by Crippen LogP contribution is 2.25. The molecule has 8 nitrogen and oxygen atoms in total. The number of nitro groups is 1. The molecule has 1 atom stereocenters. The summed E-state index contributed by atoms with van der Waals surface area (Å²) in [5, 5.41) is 13.4. The number of amides is 1. The Bertz CT molecular complexity index is 915. The number of nitrogens with one attached hydrogen (secondary N) is 1. The molecule has 28 heavy (non-hydrogen) atoms. The lowest BCUT2D eigenvalue weighted by Gasteiger charge is -2.15. The van der Waals surface area contributed by atoms with Crippen molar-refractivity contribution in [2.75, 3.05) is 11.1 Å². The first-order valence-corrected chi connectivity index (χ1v) is 9.24. The van der Waals surface area contributed by atoms with E-state index in [1.54, 1.807) is 24.3 Å². The smallest absolute Gasteiger partial charge is 0.340 e. The number of anilines is 1. The summed E-state index contributed by atoms with van der Waals surface area (Å²) in [6.45, 7) is 2.82. The normalized spacial score (nSPS) is 11.4. The molecule has 0 aliphatic carbocycles.